The Morgan fingerprint density at radius 3 is 2.67 bits per heavy atom. The maximum Gasteiger partial charge on any atom is 0.303 e. The molecule has 2 aliphatic rings. The van der Waals surface area contributed by atoms with Crippen molar-refractivity contribution >= 4 is 5.97 Å². The molecule has 18 heavy (non-hydrogen) atoms. The number of rotatable bonds is 4. The van der Waals surface area contributed by atoms with Crippen LogP contribution < -0.4 is 5.32 Å². The third kappa shape index (κ3) is 3.45. The molecule has 0 bridgehead atoms. The predicted molar refractivity (Wildman–Crippen MR) is 71.7 cm³/mol. The first-order valence-corrected chi connectivity index (χ1v) is 7.38. The molecule has 2 unspecified atom stereocenters. The van der Waals surface area contributed by atoms with E-state index in [2.05, 4.69) is 17.1 Å². The van der Waals surface area contributed by atoms with E-state index in [1.807, 2.05) is 0 Å². The number of nitrogens with zero attached hydrogens (tertiary/aromatic N) is 1. The number of carbonyl (C=O) groups is 1. The minimum atomic E-state index is -0.670. The lowest BCUT2D eigenvalue weighted by Gasteiger charge is -2.47. The first-order chi connectivity index (χ1) is 8.68. The Labute approximate surface area is 110 Å². The van der Waals surface area contributed by atoms with E-state index in [0.717, 1.165) is 19.5 Å². The number of nitrogens with one attached hydrogen (secondary N) is 1. The fourth-order valence-corrected chi connectivity index (χ4v) is 3.61. The van der Waals surface area contributed by atoms with Crippen LogP contribution in [-0.4, -0.2) is 47.2 Å². The zero-order valence-corrected chi connectivity index (χ0v) is 11.4. The van der Waals surface area contributed by atoms with Crippen molar-refractivity contribution in [3.05, 3.63) is 0 Å². The normalized spacial score (nSPS) is 31.4. The smallest absolute Gasteiger partial charge is 0.303 e. The quantitative estimate of drug-likeness (QED) is 0.804. The highest BCUT2D eigenvalue weighted by Gasteiger charge is 2.33. The third-order valence-corrected chi connectivity index (χ3v) is 4.44. The summed E-state index contributed by atoms with van der Waals surface area (Å²) in [7, 11) is 0. The molecule has 4 nitrogen and oxygen atoms in total. The fraction of sp³-hybridized carbons (Fsp3) is 0.929. The van der Waals surface area contributed by atoms with Gasteiger partial charge < -0.3 is 10.4 Å². The third-order valence-electron chi connectivity index (χ3n) is 4.44. The lowest BCUT2D eigenvalue weighted by Crippen LogP contribution is -2.60. The number of hydrogen-bond donors (Lipinski definition) is 2. The van der Waals surface area contributed by atoms with E-state index in [9.17, 15) is 4.79 Å². The summed E-state index contributed by atoms with van der Waals surface area (Å²) in [5.74, 6) is -0.670. The van der Waals surface area contributed by atoms with E-state index in [4.69, 9.17) is 5.11 Å². The molecule has 4 heteroatoms. The lowest BCUT2D eigenvalue weighted by molar-refractivity contribution is -0.137. The summed E-state index contributed by atoms with van der Waals surface area (Å²) in [6.07, 6.45) is 7.73. The molecule has 2 fully saturated rings. The second-order valence-corrected chi connectivity index (χ2v) is 5.83. The van der Waals surface area contributed by atoms with E-state index in [1.165, 1.54) is 32.1 Å². The topological polar surface area (TPSA) is 52.6 Å². The Balaban J connectivity index is 1.97. The molecule has 2 N–H and O–H groups in total. The second-order valence-electron chi connectivity index (χ2n) is 5.83. The van der Waals surface area contributed by atoms with Gasteiger partial charge in [0, 0.05) is 37.6 Å². The summed E-state index contributed by atoms with van der Waals surface area (Å²) in [6, 6.07) is 1.64. The van der Waals surface area contributed by atoms with Crippen LogP contribution in [0.15, 0.2) is 0 Å². The van der Waals surface area contributed by atoms with Gasteiger partial charge in [-0.1, -0.05) is 19.3 Å². The average molecular weight is 254 g/mol. The fourth-order valence-electron chi connectivity index (χ4n) is 3.61. The summed E-state index contributed by atoms with van der Waals surface area (Å²) in [5, 5.41) is 12.3. The van der Waals surface area contributed by atoms with Crippen LogP contribution in [0, 0.1) is 0 Å². The standard InChI is InChI=1S/C14H26N2O2/c1-11-9-15-10-13(7-8-14(17)18)16(11)12-5-3-2-4-6-12/h11-13,15H,2-10H2,1H3,(H,17,18). The molecule has 1 aliphatic carbocycles. The Kier molecular flexibility index (Phi) is 5.01. The van der Waals surface area contributed by atoms with E-state index >= 15 is 0 Å². The molecule has 0 aromatic heterocycles. The minimum absolute atomic E-state index is 0.294. The maximum absolute atomic E-state index is 10.8. The van der Waals surface area contributed by atoms with Gasteiger partial charge in [0.1, 0.15) is 0 Å². The van der Waals surface area contributed by atoms with Crippen molar-refractivity contribution in [2.75, 3.05) is 13.1 Å². The molecule has 1 heterocycles. The van der Waals surface area contributed by atoms with Gasteiger partial charge in [-0.05, 0) is 26.2 Å². The van der Waals surface area contributed by atoms with Gasteiger partial charge in [-0.15, -0.1) is 0 Å². The highest BCUT2D eigenvalue weighted by Crippen LogP contribution is 2.28. The van der Waals surface area contributed by atoms with Crippen molar-refractivity contribution in [1.82, 2.24) is 10.2 Å². The van der Waals surface area contributed by atoms with Gasteiger partial charge in [0.15, 0.2) is 0 Å². The number of aliphatic carboxylic acids is 1. The molecule has 1 saturated heterocycles. The van der Waals surface area contributed by atoms with E-state index in [1.54, 1.807) is 0 Å². The van der Waals surface area contributed by atoms with Crippen molar-refractivity contribution in [2.45, 2.75) is 70.0 Å². The van der Waals surface area contributed by atoms with E-state index in [-0.39, 0.29) is 0 Å². The Morgan fingerprint density at radius 1 is 1.28 bits per heavy atom. The number of carboxylic acid groups (broad SMARTS) is 1. The van der Waals surface area contributed by atoms with Crippen molar-refractivity contribution in [3.63, 3.8) is 0 Å². The van der Waals surface area contributed by atoms with Gasteiger partial charge in [-0.3, -0.25) is 9.69 Å². The first-order valence-electron chi connectivity index (χ1n) is 7.38. The van der Waals surface area contributed by atoms with Crippen molar-refractivity contribution in [2.24, 2.45) is 0 Å². The average Bonchev–Trinajstić information content (AvgIpc) is 2.37. The summed E-state index contributed by atoms with van der Waals surface area (Å²) in [6.45, 7) is 4.27. The molecule has 0 spiro atoms. The second kappa shape index (κ2) is 6.53. The van der Waals surface area contributed by atoms with E-state index in [0.29, 0.717) is 24.5 Å². The zero-order valence-electron chi connectivity index (χ0n) is 11.4. The molecule has 2 atom stereocenters. The predicted octanol–water partition coefficient (Wildman–Crippen LogP) is 1.85. The Bertz CT molecular complexity index is 277. The monoisotopic (exact) mass is 254 g/mol. The van der Waals surface area contributed by atoms with E-state index < -0.39 is 5.97 Å². The summed E-state index contributed by atoms with van der Waals surface area (Å²) >= 11 is 0. The number of piperazine rings is 1. The van der Waals surface area contributed by atoms with Gasteiger partial charge in [0.2, 0.25) is 0 Å². The van der Waals surface area contributed by atoms with Gasteiger partial charge in [0.05, 0.1) is 0 Å². The first kappa shape index (κ1) is 13.8. The molecule has 0 radical (unpaired) electrons. The van der Waals surface area contributed by atoms with Crippen LogP contribution >= 0.6 is 0 Å². The minimum Gasteiger partial charge on any atom is -0.481 e. The van der Waals surface area contributed by atoms with Crippen molar-refractivity contribution in [1.29, 1.82) is 0 Å². The number of hydrogen-bond acceptors (Lipinski definition) is 3. The van der Waals surface area contributed by atoms with Crippen LogP contribution in [0.5, 0.6) is 0 Å². The van der Waals surface area contributed by atoms with Gasteiger partial charge in [-0.25, -0.2) is 0 Å². The van der Waals surface area contributed by atoms with Crippen LogP contribution in [-0.2, 0) is 4.79 Å². The molecule has 1 saturated carbocycles. The van der Waals surface area contributed by atoms with Gasteiger partial charge in [-0.2, -0.15) is 0 Å². The highest BCUT2D eigenvalue weighted by molar-refractivity contribution is 5.66. The number of carboxylic acids is 1. The molecule has 0 aromatic rings. The molecular formula is C14H26N2O2. The highest BCUT2D eigenvalue weighted by atomic mass is 16.4. The maximum atomic E-state index is 10.8. The largest absolute Gasteiger partial charge is 0.481 e. The molecular weight excluding hydrogens is 228 g/mol. The summed E-state index contributed by atoms with van der Waals surface area (Å²) in [4.78, 5) is 13.4. The summed E-state index contributed by atoms with van der Waals surface area (Å²) in [5.41, 5.74) is 0. The van der Waals surface area contributed by atoms with Crippen LogP contribution in [0.3, 0.4) is 0 Å². The molecule has 0 aromatic carbocycles. The molecule has 1 aliphatic heterocycles. The van der Waals surface area contributed by atoms with Gasteiger partial charge >= 0.3 is 5.97 Å². The van der Waals surface area contributed by atoms with Crippen molar-refractivity contribution in [3.8, 4) is 0 Å². The SMILES string of the molecule is CC1CNCC(CCC(=O)O)N1C1CCCCC1. The van der Waals surface area contributed by atoms with Crippen molar-refractivity contribution < 1.29 is 9.90 Å². The molecule has 0 amide bonds. The lowest BCUT2D eigenvalue weighted by atomic mass is 9.90. The molecule has 2 rings (SSSR count). The Morgan fingerprint density at radius 2 is 2.00 bits per heavy atom. The van der Waals surface area contributed by atoms with Crippen LogP contribution in [0.25, 0.3) is 0 Å². The van der Waals surface area contributed by atoms with Crippen LogP contribution in [0.4, 0.5) is 0 Å². The van der Waals surface area contributed by atoms with Crippen LogP contribution in [0.2, 0.25) is 0 Å². The summed E-state index contributed by atoms with van der Waals surface area (Å²) < 4.78 is 0. The molecule has 104 valence electrons. The van der Waals surface area contributed by atoms with Gasteiger partial charge in [0.25, 0.3) is 0 Å². The Hall–Kier alpha value is -0.610. The zero-order chi connectivity index (χ0) is 13.0. The van der Waals surface area contributed by atoms with Crippen LogP contribution in [0.1, 0.15) is 51.9 Å².